The monoisotopic (exact) mass is 452 g/mol. The number of aliphatic hydroxyl groups excluding tert-OH is 1. The first-order valence-electron chi connectivity index (χ1n) is 11.7. The molecule has 32 heavy (non-hydrogen) atoms. The van der Waals surface area contributed by atoms with Crippen LogP contribution in [0.25, 0.3) is 0 Å². The van der Waals surface area contributed by atoms with Crippen LogP contribution in [0.4, 0.5) is 19.0 Å². The Hall–Kier alpha value is -1.90. The molecule has 1 aromatic heterocycles. The number of anilines is 1. The molecule has 0 spiro atoms. The van der Waals surface area contributed by atoms with Gasteiger partial charge in [0.15, 0.2) is 0 Å². The molecule has 6 rings (SSSR count). The fourth-order valence-electron chi connectivity index (χ4n) is 7.19. The van der Waals surface area contributed by atoms with Crippen molar-refractivity contribution in [1.82, 2.24) is 14.9 Å². The average molecular weight is 453 g/mol. The van der Waals surface area contributed by atoms with E-state index in [9.17, 15) is 23.1 Å². The molecule has 1 unspecified atom stereocenters. The molecule has 0 radical (unpaired) electrons. The highest BCUT2D eigenvalue weighted by atomic mass is 19.4. The summed E-state index contributed by atoms with van der Waals surface area (Å²) in [6, 6.07) is 0. The number of hydrogen-bond donors (Lipinski definition) is 2. The van der Waals surface area contributed by atoms with E-state index < -0.39 is 24.6 Å². The predicted octanol–water partition coefficient (Wildman–Crippen LogP) is 3.61. The van der Waals surface area contributed by atoms with Crippen molar-refractivity contribution < 1.29 is 23.1 Å². The Morgan fingerprint density at radius 1 is 1.19 bits per heavy atom. The number of halogens is 3. The Morgan fingerprint density at radius 3 is 2.41 bits per heavy atom. The predicted molar refractivity (Wildman–Crippen MR) is 112 cm³/mol. The van der Waals surface area contributed by atoms with Gasteiger partial charge in [0.05, 0.1) is 18.3 Å². The zero-order valence-electron chi connectivity index (χ0n) is 18.4. The molecule has 5 aliphatic rings. The minimum atomic E-state index is -4.51. The van der Waals surface area contributed by atoms with E-state index in [0.29, 0.717) is 30.3 Å². The first-order chi connectivity index (χ1) is 15.1. The van der Waals surface area contributed by atoms with Gasteiger partial charge < -0.3 is 15.3 Å². The summed E-state index contributed by atoms with van der Waals surface area (Å²) >= 11 is 0. The summed E-state index contributed by atoms with van der Waals surface area (Å²) < 4.78 is 37.9. The molecule has 9 heteroatoms. The SMILES string of the molecule is Cc1nc2c(c(NCC(O)C34CC5CC(CC(C5)C3)C4)n1)CCN(C(=O)CC(F)(F)F)C2. The molecule has 4 bridgehead atoms. The molecule has 1 aliphatic heterocycles. The number of aliphatic hydroxyl groups is 1. The zero-order valence-corrected chi connectivity index (χ0v) is 18.4. The van der Waals surface area contributed by atoms with Crippen molar-refractivity contribution in [2.24, 2.45) is 23.2 Å². The number of nitrogens with zero attached hydrogens (tertiary/aromatic N) is 3. The number of nitrogens with one attached hydrogen (secondary N) is 1. The summed E-state index contributed by atoms with van der Waals surface area (Å²) in [6.45, 7) is 2.41. The number of hydrogen-bond acceptors (Lipinski definition) is 5. The second-order valence-corrected chi connectivity index (χ2v) is 10.6. The highest BCUT2D eigenvalue weighted by Crippen LogP contribution is 2.61. The van der Waals surface area contributed by atoms with Gasteiger partial charge in [-0.15, -0.1) is 0 Å². The molecule has 6 nitrogen and oxygen atoms in total. The standard InChI is InChI=1S/C23H31F3N4O2/c1-13-28-18-12-30(20(32)10-23(24,25)26)3-2-17(18)21(29-13)27-11-19(31)22-7-14-4-15(8-22)6-16(5-14)9-22/h14-16,19,31H,2-12H2,1H3,(H,27,28,29). The van der Waals surface area contributed by atoms with Gasteiger partial charge in [-0.05, 0) is 75.0 Å². The molecule has 4 aliphatic carbocycles. The second kappa shape index (κ2) is 7.85. The van der Waals surface area contributed by atoms with Crippen LogP contribution >= 0.6 is 0 Å². The third kappa shape index (κ3) is 4.20. The first kappa shape index (κ1) is 21.9. The number of fused-ring (bicyclic) bond motifs is 1. The van der Waals surface area contributed by atoms with Crippen LogP contribution in [-0.2, 0) is 17.8 Å². The molecule has 1 amide bonds. The van der Waals surface area contributed by atoms with Crippen molar-refractivity contribution in [3.63, 3.8) is 0 Å². The molecule has 0 aromatic carbocycles. The smallest absolute Gasteiger partial charge is 0.391 e. The minimum Gasteiger partial charge on any atom is -0.391 e. The first-order valence-corrected chi connectivity index (χ1v) is 11.7. The Morgan fingerprint density at radius 2 is 1.81 bits per heavy atom. The van der Waals surface area contributed by atoms with E-state index in [1.54, 1.807) is 6.92 Å². The number of alkyl halides is 3. The van der Waals surface area contributed by atoms with Crippen LogP contribution in [0.1, 0.15) is 62.0 Å². The third-order valence-corrected chi connectivity index (χ3v) is 8.14. The van der Waals surface area contributed by atoms with E-state index in [1.807, 2.05) is 0 Å². The Balaban J connectivity index is 1.27. The summed E-state index contributed by atoms with van der Waals surface area (Å²) in [5.74, 6) is 2.48. The average Bonchev–Trinajstić information content (AvgIpc) is 2.68. The maximum Gasteiger partial charge on any atom is 0.397 e. The van der Waals surface area contributed by atoms with Crippen LogP contribution in [0.15, 0.2) is 0 Å². The second-order valence-electron chi connectivity index (χ2n) is 10.6. The number of rotatable bonds is 5. The molecule has 176 valence electrons. The lowest BCUT2D eigenvalue weighted by atomic mass is 9.48. The molecule has 1 atom stereocenters. The number of aryl methyl sites for hydroxylation is 1. The third-order valence-electron chi connectivity index (χ3n) is 8.14. The molecule has 2 heterocycles. The fraction of sp³-hybridized carbons (Fsp3) is 0.783. The molecule has 2 N–H and O–H groups in total. The Bertz CT molecular complexity index is 869. The van der Waals surface area contributed by atoms with E-state index in [1.165, 1.54) is 24.2 Å². The van der Waals surface area contributed by atoms with E-state index in [0.717, 1.165) is 42.6 Å². The molecule has 1 aromatic rings. The number of amides is 1. The van der Waals surface area contributed by atoms with Crippen molar-refractivity contribution in [2.75, 3.05) is 18.4 Å². The van der Waals surface area contributed by atoms with Crippen LogP contribution < -0.4 is 5.32 Å². The lowest BCUT2D eigenvalue weighted by molar-refractivity contribution is -0.162. The van der Waals surface area contributed by atoms with Crippen LogP contribution in [0.5, 0.6) is 0 Å². The number of aromatic nitrogens is 2. The fourth-order valence-corrected chi connectivity index (χ4v) is 7.19. The number of carbonyl (C=O) groups is 1. The van der Waals surface area contributed by atoms with Gasteiger partial charge in [-0.2, -0.15) is 13.2 Å². The lowest BCUT2D eigenvalue weighted by Crippen LogP contribution is -2.53. The lowest BCUT2D eigenvalue weighted by Gasteiger charge is -2.58. The van der Waals surface area contributed by atoms with Crippen LogP contribution in [0, 0.1) is 30.1 Å². The minimum absolute atomic E-state index is 0.00466. The zero-order chi connectivity index (χ0) is 22.7. The van der Waals surface area contributed by atoms with Gasteiger partial charge >= 0.3 is 6.18 Å². The topological polar surface area (TPSA) is 78.4 Å². The van der Waals surface area contributed by atoms with Crippen molar-refractivity contribution in [2.45, 2.75) is 77.1 Å². The van der Waals surface area contributed by atoms with Gasteiger partial charge in [0.1, 0.15) is 18.1 Å². The quantitative estimate of drug-likeness (QED) is 0.714. The molecular weight excluding hydrogens is 421 g/mol. The van der Waals surface area contributed by atoms with Crippen LogP contribution in [0.3, 0.4) is 0 Å². The molecule has 0 saturated heterocycles. The Kier molecular flexibility index (Phi) is 5.38. The van der Waals surface area contributed by atoms with E-state index in [4.69, 9.17) is 0 Å². The normalized spacial score (nSPS) is 32.0. The van der Waals surface area contributed by atoms with Gasteiger partial charge in [-0.25, -0.2) is 9.97 Å². The number of carbonyl (C=O) groups excluding carboxylic acids is 1. The van der Waals surface area contributed by atoms with Crippen molar-refractivity contribution in [3.8, 4) is 0 Å². The molecule has 4 fully saturated rings. The summed E-state index contributed by atoms with van der Waals surface area (Å²) in [5.41, 5.74) is 1.43. The summed E-state index contributed by atoms with van der Waals surface area (Å²) in [6.07, 6.45) is 1.28. The van der Waals surface area contributed by atoms with Crippen LogP contribution in [-0.4, -0.2) is 51.3 Å². The van der Waals surface area contributed by atoms with Crippen molar-refractivity contribution >= 4 is 11.7 Å². The molecular formula is C23H31F3N4O2. The van der Waals surface area contributed by atoms with E-state index >= 15 is 0 Å². The maximum atomic E-state index is 12.6. The van der Waals surface area contributed by atoms with E-state index in [2.05, 4.69) is 15.3 Å². The summed E-state index contributed by atoms with van der Waals surface area (Å²) in [7, 11) is 0. The van der Waals surface area contributed by atoms with Crippen molar-refractivity contribution in [1.29, 1.82) is 0 Å². The van der Waals surface area contributed by atoms with Crippen LogP contribution in [0.2, 0.25) is 0 Å². The van der Waals surface area contributed by atoms with Gasteiger partial charge in [0.2, 0.25) is 5.91 Å². The van der Waals surface area contributed by atoms with Gasteiger partial charge in [-0.1, -0.05) is 0 Å². The largest absolute Gasteiger partial charge is 0.397 e. The van der Waals surface area contributed by atoms with Gasteiger partial charge in [0, 0.05) is 18.7 Å². The highest BCUT2D eigenvalue weighted by molar-refractivity contribution is 5.77. The highest BCUT2D eigenvalue weighted by Gasteiger charge is 2.53. The van der Waals surface area contributed by atoms with Gasteiger partial charge in [-0.3, -0.25) is 4.79 Å². The Labute approximate surface area is 186 Å². The van der Waals surface area contributed by atoms with Gasteiger partial charge in [0.25, 0.3) is 0 Å². The van der Waals surface area contributed by atoms with E-state index in [-0.39, 0.29) is 18.5 Å². The van der Waals surface area contributed by atoms with Crippen molar-refractivity contribution in [3.05, 3.63) is 17.1 Å². The molecule has 4 saturated carbocycles. The maximum absolute atomic E-state index is 12.6. The summed E-state index contributed by atoms with van der Waals surface area (Å²) in [4.78, 5) is 22.2. The summed E-state index contributed by atoms with van der Waals surface area (Å²) in [5, 5.41) is 14.5.